The topological polar surface area (TPSA) is 32.7 Å². The zero-order valence-electron chi connectivity index (χ0n) is 9.82. The molecule has 1 unspecified atom stereocenters. The Morgan fingerprint density at radius 1 is 1.53 bits per heavy atom. The second-order valence-electron chi connectivity index (χ2n) is 4.44. The second-order valence-corrected chi connectivity index (χ2v) is 5.59. The highest BCUT2D eigenvalue weighted by Crippen LogP contribution is 2.12. The summed E-state index contributed by atoms with van der Waals surface area (Å²) in [6.45, 7) is 8.93. The van der Waals surface area contributed by atoms with Crippen LogP contribution < -0.4 is 0 Å². The minimum absolute atomic E-state index is 0.271. The van der Waals surface area contributed by atoms with Crippen LogP contribution in [0.1, 0.15) is 13.8 Å². The van der Waals surface area contributed by atoms with Crippen LogP contribution in [0.4, 0.5) is 0 Å². The van der Waals surface area contributed by atoms with Gasteiger partial charge in [-0.2, -0.15) is 11.8 Å². The fourth-order valence-electron chi connectivity index (χ4n) is 1.84. The average molecular weight is 233 g/mol. The lowest BCUT2D eigenvalue weighted by Gasteiger charge is -2.33. The number of nitrogens with zero attached hydrogens (tertiary/aromatic N) is 1. The molecule has 0 aromatic rings. The van der Waals surface area contributed by atoms with Gasteiger partial charge in [-0.3, -0.25) is 4.90 Å². The van der Waals surface area contributed by atoms with Crippen LogP contribution in [0, 0.1) is 5.92 Å². The fourth-order valence-corrected chi connectivity index (χ4v) is 2.60. The number of morpholine rings is 1. The molecule has 0 saturated carbocycles. The van der Waals surface area contributed by atoms with Crippen molar-refractivity contribution in [3.8, 4) is 0 Å². The molecule has 0 spiro atoms. The van der Waals surface area contributed by atoms with Crippen LogP contribution in [0.15, 0.2) is 0 Å². The summed E-state index contributed by atoms with van der Waals surface area (Å²) in [5, 5.41) is 8.69. The number of ether oxygens (including phenoxy) is 1. The minimum atomic E-state index is 0.271. The van der Waals surface area contributed by atoms with Gasteiger partial charge in [-0.1, -0.05) is 13.8 Å². The summed E-state index contributed by atoms with van der Waals surface area (Å²) in [6, 6.07) is 0. The maximum atomic E-state index is 8.69. The maximum Gasteiger partial charge on any atom is 0.0792 e. The van der Waals surface area contributed by atoms with Gasteiger partial charge in [-0.05, 0) is 5.92 Å². The second kappa shape index (κ2) is 7.49. The SMILES string of the molecule is CC(C)CN1CCOC(CSCCO)C1. The van der Waals surface area contributed by atoms with Crippen LogP contribution in [-0.4, -0.2) is 60.5 Å². The van der Waals surface area contributed by atoms with Crippen LogP contribution in [0.5, 0.6) is 0 Å². The van der Waals surface area contributed by atoms with Crippen molar-refractivity contribution in [2.24, 2.45) is 5.92 Å². The molecule has 0 amide bonds. The van der Waals surface area contributed by atoms with Gasteiger partial charge in [0.1, 0.15) is 0 Å². The van der Waals surface area contributed by atoms with Gasteiger partial charge >= 0.3 is 0 Å². The Kier molecular flexibility index (Phi) is 6.64. The summed E-state index contributed by atoms with van der Waals surface area (Å²) in [5.41, 5.74) is 0. The molecule has 1 atom stereocenters. The molecular formula is C11H23NO2S. The lowest BCUT2D eigenvalue weighted by atomic mass is 10.2. The van der Waals surface area contributed by atoms with Crippen LogP contribution >= 0.6 is 11.8 Å². The van der Waals surface area contributed by atoms with Gasteiger partial charge in [0.05, 0.1) is 19.3 Å². The first-order valence-electron chi connectivity index (χ1n) is 5.75. The van der Waals surface area contributed by atoms with Crippen molar-refractivity contribution in [2.75, 3.05) is 44.4 Å². The molecule has 1 fully saturated rings. The van der Waals surface area contributed by atoms with E-state index < -0.39 is 0 Å². The van der Waals surface area contributed by atoms with E-state index in [1.54, 1.807) is 11.8 Å². The standard InChI is InChI=1S/C11H23NO2S/c1-10(2)7-12-3-5-14-11(8-12)9-15-6-4-13/h10-11,13H,3-9H2,1-2H3. The number of thioether (sulfide) groups is 1. The van der Waals surface area contributed by atoms with Crippen molar-refractivity contribution in [3.63, 3.8) is 0 Å². The Morgan fingerprint density at radius 3 is 3.00 bits per heavy atom. The third-order valence-electron chi connectivity index (χ3n) is 2.39. The van der Waals surface area contributed by atoms with E-state index >= 15 is 0 Å². The van der Waals surface area contributed by atoms with Crippen LogP contribution in [0.3, 0.4) is 0 Å². The fraction of sp³-hybridized carbons (Fsp3) is 1.00. The Bertz CT molecular complexity index is 167. The molecule has 1 aliphatic heterocycles. The predicted molar refractivity (Wildman–Crippen MR) is 65.4 cm³/mol. The lowest BCUT2D eigenvalue weighted by Crippen LogP contribution is -2.44. The maximum absolute atomic E-state index is 8.69. The van der Waals surface area contributed by atoms with Gasteiger partial charge in [-0.15, -0.1) is 0 Å². The van der Waals surface area contributed by atoms with Gasteiger partial charge in [0.25, 0.3) is 0 Å². The molecular weight excluding hydrogens is 210 g/mol. The molecule has 1 saturated heterocycles. The molecule has 3 nitrogen and oxygen atoms in total. The molecule has 1 N–H and O–H groups in total. The van der Waals surface area contributed by atoms with E-state index in [2.05, 4.69) is 18.7 Å². The first-order valence-corrected chi connectivity index (χ1v) is 6.90. The first kappa shape index (κ1) is 13.3. The highest BCUT2D eigenvalue weighted by molar-refractivity contribution is 7.99. The zero-order valence-corrected chi connectivity index (χ0v) is 10.6. The number of rotatable bonds is 6. The summed E-state index contributed by atoms with van der Waals surface area (Å²) in [7, 11) is 0. The highest BCUT2D eigenvalue weighted by atomic mass is 32.2. The molecule has 0 aromatic carbocycles. The third-order valence-corrected chi connectivity index (χ3v) is 3.46. The molecule has 90 valence electrons. The molecule has 0 aliphatic carbocycles. The van der Waals surface area contributed by atoms with Crippen molar-refractivity contribution in [3.05, 3.63) is 0 Å². The first-order chi connectivity index (χ1) is 7.22. The number of aliphatic hydroxyl groups excluding tert-OH is 1. The van der Waals surface area contributed by atoms with Gasteiger partial charge < -0.3 is 9.84 Å². The van der Waals surface area contributed by atoms with Crippen molar-refractivity contribution in [1.29, 1.82) is 0 Å². The van der Waals surface area contributed by atoms with Crippen molar-refractivity contribution >= 4 is 11.8 Å². The number of hydrogen-bond donors (Lipinski definition) is 1. The van der Waals surface area contributed by atoms with Gasteiger partial charge in [-0.25, -0.2) is 0 Å². The van der Waals surface area contributed by atoms with Crippen molar-refractivity contribution in [1.82, 2.24) is 4.90 Å². The van der Waals surface area contributed by atoms with E-state index in [-0.39, 0.29) is 6.61 Å². The lowest BCUT2D eigenvalue weighted by molar-refractivity contribution is -0.0191. The number of aliphatic hydroxyl groups is 1. The normalized spacial score (nSPS) is 23.6. The Morgan fingerprint density at radius 2 is 2.33 bits per heavy atom. The molecule has 0 radical (unpaired) electrons. The van der Waals surface area contributed by atoms with Gasteiger partial charge in [0, 0.05) is 31.1 Å². The summed E-state index contributed by atoms with van der Waals surface area (Å²) < 4.78 is 5.69. The predicted octanol–water partition coefficient (Wildman–Crippen LogP) is 1.07. The zero-order chi connectivity index (χ0) is 11.1. The highest BCUT2D eigenvalue weighted by Gasteiger charge is 2.20. The molecule has 0 bridgehead atoms. The molecule has 1 heterocycles. The van der Waals surface area contributed by atoms with Crippen LogP contribution in [0.2, 0.25) is 0 Å². The minimum Gasteiger partial charge on any atom is -0.396 e. The van der Waals surface area contributed by atoms with E-state index in [1.165, 1.54) is 6.54 Å². The Labute approximate surface area is 97.2 Å². The van der Waals surface area contributed by atoms with E-state index in [0.29, 0.717) is 6.10 Å². The van der Waals surface area contributed by atoms with Crippen molar-refractivity contribution in [2.45, 2.75) is 20.0 Å². The van der Waals surface area contributed by atoms with E-state index in [4.69, 9.17) is 9.84 Å². The molecule has 4 heteroatoms. The van der Waals surface area contributed by atoms with Gasteiger partial charge in [0.15, 0.2) is 0 Å². The van der Waals surface area contributed by atoms with E-state index in [1.807, 2.05) is 0 Å². The Hall–Kier alpha value is 0.230. The molecule has 0 aromatic heterocycles. The van der Waals surface area contributed by atoms with Crippen LogP contribution in [0.25, 0.3) is 0 Å². The van der Waals surface area contributed by atoms with Crippen molar-refractivity contribution < 1.29 is 9.84 Å². The largest absolute Gasteiger partial charge is 0.396 e. The van der Waals surface area contributed by atoms with Crippen LogP contribution in [-0.2, 0) is 4.74 Å². The summed E-state index contributed by atoms with van der Waals surface area (Å²) in [4.78, 5) is 2.48. The molecule has 1 rings (SSSR count). The van der Waals surface area contributed by atoms with E-state index in [9.17, 15) is 0 Å². The van der Waals surface area contributed by atoms with Gasteiger partial charge in [0.2, 0.25) is 0 Å². The third kappa shape index (κ3) is 5.76. The summed E-state index contributed by atoms with van der Waals surface area (Å²) in [6.07, 6.45) is 0.356. The monoisotopic (exact) mass is 233 g/mol. The smallest absolute Gasteiger partial charge is 0.0792 e. The number of hydrogen-bond acceptors (Lipinski definition) is 4. The quantitative estimate of drug-likeness (QED) is 0.696. The average Bonchev–Trinajstić information content (AvgIpc) is 2.18. The van der Waals surface area contributed by atoms with E-state index in [0.717, 1.165) is 37.1 Å². The Balaban J connectivity index is 2.17. The summed E-state index contributed by atoms with van der Waals surface area (Å²) in [5.74, 6) is 2.56. The molecule has 1 aliphatic rings. The molecule has 15 heavy (non-hydrogen) atoms. The summed E-state index contributed by atoms with van der Waals surface area (Å²) >= 11 is 1.78.